The van der Waals surface area contributed by atoms with Crippen molar-refractivity contribution >= 4 is 33.9 Å². The predicted octanol–water partition coefficient (Wildman–Crippen LogP) is 5.67. The standard InChI is InChI=1S/C29H27ClN4O5/c1-35-10-11-37-27-13-23-25(14-28(27)39-22-7-9-36-18-22)33-16-19(15-31)29(23)34-20-5-6-26(24(30)12-20)38-17-21-4-2-3-8-32-21/h2-6,8,12-14,16,22H,7,9-11,17-18H2,1H3,(H,33,34). The van der Waals surface area contributed by atoms with Crippen molar-refractivity contribution in [3.05, 3.63) is 77.2 Å². The number of methoxy groups -OCH3 is 1. The molecule has 10 heteroatoms. The Balaban J connectivity index is 1.44. The van der Waals surface area contributed by atoms with Crippen LogP contribution in [-0.4, -0.2) is 49.6 Å². The maximum absolute atomic E-state index is 9.85. The maximum atomic E-state index is 9.85. The predicted molar refractivity (Wildman–Crippen MR) is 147 cm³/mol. The molecule has 2 aromatic heterocycles. The van der Waals surface area contributed by atoms with E-state index in [1.54, 1.807) is 25.4 Å². The Hall–Kier alpha value is -4.10. The van der Waals surface area contributed by atoms with E-state index in [9.17, 15) is 5.26 Å². The molecule has 39 heavy (non-hydrogen) atoms. The Morgan fingerprint density at radius 3 is 2.74 bits per heavy atom. The minimum Gasteiger partial charge on any atom is -0.487 e. The Morgan fingerprint density at radius 2 is 2.00 bits per heavy atom. The zero-order valence-electron chi connectivity index (χ0n) is 21.4. The average Bonchev–Trinajstić information content (AvgIpc) is 3.47. The average molecular weight is 547 g/mol. The molecular formula is C29H27ClN4O5. The molecule has 0 saturated carbocycles. The summed E-state index contributed by atoms with van der Waals surface area (Å²) in [5.74, 6) is 1.62. The van der Waals surface area contributed by atoms with Crippen LogP contribution in [0.4, 0.5) is 11.4 Å². The molecule has 2 aromatic carbocycles. The monoisotopic (exact) mass is 546 g/mol. The summed E-state index contributed by atoms with van der Waals surface area (Å²) in [5.41, 5.74) is 3.07. The van der Waals surface area contributed by atoms with E-state index in [1.165, 1.54) is 6.20 Å². The van der Waals surface area contributed by atoms with Crippen LogP contribution in [0.3, 0.4) is 0 Å². The first-order valence-corrected chi connectivity index (χ1v) is 12.8. The summed E-state index contributed by atoms with van der Waals surface area (Å²) in [4.78, 5) is 8.77. The second kappa shape index (κ2) is 12.6. The van der Waals surface area contributed by atoms with Crippen LogP contribution in [-0.2, 0) is 16.1 Å². The van der Waals surface area contributed by atoms with Crippen LogP contribution in [0.5, 0.6) is 17.2 Å². The van der Waals surface area contributed by atoms with Gasteiger partial charge in [-0.3, -0.25) is 9.97 Å². The van der Waals surface area contributed by atoms with Crippen LogP contribution in [0, 0.1) is 11.3 Å². The lowest BCUT2D eigenvalue weighted by Crippen LogP contribution is -2.17. The minimum absolute atomic E-state index is 0.0660. The van der Waals surface area contributed by atoms with E-state index in [0.717, 1.165) is 12.1 Å². The Labute approximate surface area is 231 Å². The van der Waals surface area contributed by atoms with Gasteiger partial charge in [0.1, 0.15) is 31.1 Å². The van der Waals surface area contributed by atoms with Crippen molar-refractivity contribution < 1.29 is 23.7 Å². The van der Waals surface area contributed by atoms with Crippen molar-refractivity contribution in [1.29, 1.82) is 5.26 Å². The van der Waals surface area contributed by atoms with Crippen molar-refractivity contribution in [1.82, 2.24) is 9.97 Å². The van der Waals surface area contributed by atoms with E-state index in [4.69, 9.17) is 35.3 Å². The van der Waals surface area contributed by atoms with Gasteiger partial charge in [-0.1, -0.05) is 17.7 Å². The van der Waals surface area contributed by atoms with Gasteiger partial charge in [0.15, 0.2) is 11.5 Å². The molecule has 3 heterocycles. The number of hydrogen-bond donors (Lipinski definition) is 1. The summed E-state index contributed by atoms with van der Waals surface area (Å²) in [6.45, 7) is 2.23. The highest BCUT2D eigenvalue weighted by Gasteiger charge is 2.21. The van der Waals surface area contributed by atoms with Crippen LogP contribution in [0.25, 0.3) is 10.9 Å². The van der Waals surface area contributed by atoms with Gasteiger partial charge in [-0.25, -0.2) is 0 Å². The molecule has 1 N–H and O–H groups in total. The maximum Gasteiger partial charge on any atom is 0.163 e. The van der Waals surface area contributed by atoms with Crippen LogP contribution in [0.2, 0.25) is 5.02 Å². The SMILES string of the molecule is COCCOc1cc2c(Nc3ccc(OCc4ccccn4)c(Cl)c3)c(C#N)cnc2cc1OC1CCOC1. The number of nitriles is 1. The van der Waals surface area contributed by atoms with Crippen molar-refractivity contribution in [2.45, 2.75) is 19.1 Å². The number of pyridine rings is 2. The Morgan fingerprint density at radius 1 is 1.08 bits per heavy atom. The highest BCUT2D eigenvalue weighted by Crippen LogP contribution is 2.39. The molecule has 5 rings (SSSR count). The summed E-state index contributed by atoms with van der Waals surface area (Å²) < 4.78 is 28.6. The quantitative estimate of drug-likeness (QED) is 0.238. The van der Waals surface area contributed by atoms with Gasteiger partial charge in [-0.15, -0.1) is 0 Å². The first-order chi connectivity index (χ1) is 19.1. The van der Waals surface area contributed by atoms with E-state index in [1.807, 2.05) is 36.4 Å². The second-order valence-corrected chi connectivity index (χ2v) is 9.21. The number of nitrogens with one attached hydrogen (secondary N) is 1. The molecule has 4 aromatic rings. The summed E-state index contributed by atoms with van der Waals surface area (Å²) in [7, 11) is 1.61. The fraction of sp³-hybridized carbons (Fsp3) is 0.276. The van der Waals surface area contributed by atoms with E-state index in [2.05, 4.69) is 21.4 Å². The van der Waals surface area contributed by atoms with Crippen molar-refractivity contribution in [3.63, 3.8) is 0 Å². The molecule has 0 spiro atoms. The highest BCUT2D eigenvalue weighted by atomic mass is 35.5. The van der Waals surface area contributed by atoms with Crippen LogP contribution < -0.4 is 19.5 Å². The third-order valence-electron chi connectivity index (χ3n) is 6.08. The fourth-order valence-corrected chi connectivity index (χ4v) is 4.35. The van der Waals surface area contributed by atoms with Gasteiger partial charge < -0.3 is 29.0 Å². The number of nitrogens with zero attached hydrogens (tertiary/aromatic N) is 3. The summed E-state index contributed by atoms with van der Waals surface area (Å²) >= 11 is 6.53. The molecule has 0 amide bonds. The third-order valence-corrected chi connectivity index (χ3v) is 6.38. The normalized spacial score (nSPS) is 14.6. The number of rotatable bonds is 11. The lowest BCUT2D eigenvalue weighted by Gasteiger charge is -2.19. The van der Waals surface area contributed by atoms with Gasteiger partial charge in [0.05, 0.1) is 47.3 Å². The van der Waals surface area contributed by atoms with Crippen molar-refractivity contribution in [3.8, 4) is 23.3 Å². The minimum atomic E-state index is -0.0660. The molecule has 1 saturated heterocycles. The zero-order valence-corrected chi connectivity index (χ0v) is 22.1. The lowest BCUT2D eigenvalue weighted by molar-refractivity contribution is 0.127. The first-order valence-electron chi connectivity index (χ1n) is 12.5. The second-order valence-electron chi connectivity index (χ2n) is 8.80. The first kappa shape index (κ1) is 26.5. The Kier molecular flexibility index (Phi) is 8.58. The largest absolute Gasteiger partial charge is 0.487 e. The van der Waals surface area contributed by atoms with Gasteiger partial charge in [0.25, 0.3) is 0 Å². The summed E-state index contributed by atoms with van der Waals surface area (Å²) in [6, 6.07) is 16.9. The molecule has 1 atom stereocenters. The van der Waals surface area contributed by atoms with Crippen LogP contribution in [0.1, 0.15) is 17.7 Å². The van der Waals surface area contributed by atoms with E-state index >= 15 is 0 Å². The summed E-state index contributed by atoms with van der Waals surface area (Å²) in [5, 5.41) is 14.3. The molecule has 0 aliphatic carbocycles. The smallest absolute Gasteiger partial charge is 0.163 e. The molecule has 9 nitrogen and oxygen atoms in total. The number of fused-ring (bicyclic) bond motifs is 1. The topological polar surface area (TPSA) is 108 Å². The molecule has 1 aliphatic rings. The number of ether oxygens (including phenoxy) is 5. The van der Waals surface area contributed by atoms with Gasteiger partial charge >= 0.3 is 0 Å². The van der Waals surface area contributed by atoms with E-state index in [0.29, 0.717) is 83.1 Å². The van der Waals surface area contributed by atoms with Gasteiger partial charge in [-0.2, -0.15) is 5.26 Å². The number of benzene rings is 2. The Bertz CT molecular complexity index is 1470. The summed E-state index contributed by atoms with van der Waals surface area (Å²) in [6.07, 6.45) is 3.98. The van der Waals surface area contributed by atoms with E-state index < -0.39 is 0 Å². The van der Waals surface area contributed by atoms with E-state index in [-0.39, 0.29) is 6.10 Å². The zero-order chi connectivity index (χ0) is 27.0. The molecular weight excluding hydrogens is 520 g/mol. The number of hydrogen-bond acceptors (Lipinski definition) is 9. The number of anilines is 2. The molecule has 0 bridgehead atoms. The molecule has 1 unspecified atom stereocenters. The van der Waals surface area contributed by atoms with Crippen molar-refractivity contribution in [2.75, 3.05) is 38.9 Å². The third kappa shape index (κ3) is 6.49. The van der Waals surface area contributed by atoms with Crippen LogP contribution >= 0.6 is 11.6 Å². The van der Waals surface area contributed by atoms with Gasteiger partial charge in [0.2, 0.25) is 0 Å². The highest BCUT2D eigenvalue weighted by molar-refractivity contribution is 6.32. The van der Waals surface area contributed by atoms with Gasteiger partial charge in [-0.05, 0) is 36.4 Å². The molecule has 1 fully saturated rings. The number of halogens is 1. The number of aromatic nitrogens is 2. The molecule has 1 aliphatic heterocycles. The fourth-order valence-electron chi connectivity index (χ4n) is 4.12. The van der Waals surface area contributed by atoms with Gasteiger partial charge in [0, 0.05) is 43.1 Å². The molecule has 0 radical (unpaired) electrons. The lowest BCUT2D eigenvalue weighted by atomic mass is 10.1. The molecule has 200 valence electrons. The van der Waals surface area contributed by atoms with Crippen molar-refractivity contribution in [2.24, 2.45) is 0 Å². The van der Waals surface area contributed by atoms with Crippen LogP contribution in [0.15, 0.2) is 60.9 Å².